The predicted molar refractivity (Wildman–Crippen MR) is 78.9 cm³/mol. The molecule has 1 aromatic heterocycles. The smallest absolute Gasteiger partial charge is 0.0443 e. The molecule has 0 radical (unpaired) electrons. The van der Waals surface area contributed by atoms with E-state index in [-0.39, 0.29) is 0 Å². The average molecular weight is 308 g/mol. The quantitative estimate of drug-likeness (QED) is 0.745. The second-order valence-corrected chi connectivity index (χ2v) is 7.53. The predicted octanol–water partition coefficient (Wildman–Crippen LogP) is 4.52. The fraction of sp³-hybridized carbons (Fsp3) is 0.688. The number of nitrogens with zero attached hydrogens (tertiary/aromatic N) is 1. The summed E-state index contributed by atoms with van der Waals surface area (Å²) in [5.41, 5.74) is 2.59. The van der Waals surface area contributed by atoms with Gasteiger partial charge in [-0.2, -0.15) is 0 Å². The summed E-state index contributed by atoms with van der Waals surface area (Å²) >= 11 is 3.89. The van der Waals surface area contributed by atoms with Gasteiger partial charge >= 0.3 is 0 Å². The SMILES string of the molecule is Cc1cccnc1CC(Br)CC1CC2CCC1C2. The second kappa shape index (κ2) is 5.32. The first-order chi connectivity index (χ1) is 8.72. The first-order valence-electron chi connectivity index (χ1n) is 7.27. The van der Waals surface area contributed by atoms with E-state index in [0.29, 0.717) is 4.83 Å². The van der Waals surface area contributed by atoms with E-state index >= 15 is 0 Å². The van der Waals surface area contributed by atoms with Crippen LogP contribution in [-0.4, -0.2) is 9.81 Å². The lowest BCUT2D eigenvalue weighted by molar-refractivity contribution is 0.312. The Morgan fingerprint density at radius 1 is 1.39 bits per heavy atom. The molecule has 4 unspecified atom stereocenters. The number of alkyl halides is 1. The first-order valence-corrected chi connectivity index (χ1v) is 8.18. The fourth-order valence-electron chi connectivity index (χ4n) is 4.02. The Bertz CT molecular complexity index is 417. The summed E-state index contributed by atoms with van der Waals surface area (Å²) in [4.78, 5) is 5.12. The molecular formula is C16H22BrN. The average Bonchev–Trinajstić information content (AvgIpc) is 2.94. The molecular weight excluding hydrogens is 286 g/mol. The monoisotopic (exact) mass is 307 g/mol. The Morgan fingerprint density at radius 3 is 2.94 bits per heavy atom. The minimum absolute atomic E-state index is 0.607. The fourth-order valence-corrected chi connectivity index (χ4v) is 4.81. The van der Waals surface area contributed by atoms with E-state index in [2.05, 4.69) is 33.9 Å². The summed E-state index contributed by atoms with van der Waals surface area (Å²) in [7, 11) is 0. The molecule has 0 spiro atoms. The van der Waals surface area contributed by atoms with Gasteiger partial charge in [0.2, 0.25) is 0 Å². The van der Waals surface area contributed by atoms with Crippen LogP contribution in [0.1, 0.15) is 43.4 Å². The third-order valence-electron chi connectivity index (χ3n) is 4.98. The normalized spacial score (nSPS) is 31.8. The Morgan fingerprint density at radius 2 is 2.28 bits per heavy atom. The summed E-state index contributed by atoms with van der Waals surface area (Å²) in [5, 5.41) is 0. The Balaban J connectivity index is 1.56. The van der Waals surface area contributed by atoms with Crippen molar-refractivity contribution in [1.82, 2.24) is 4.98 Å². The Labute approximate surface area is 119 Å². The van der Waals surface area contributed by atoms with Crippen molar-refractivity contribution in [3.05, 3.63) is 29.6 Å². The van der Waals surface area contributed by atoms with Crippen molar-refractivity contribution in [1.29, 1.82) is 0 Å². The van der Waals surface area contributed by atoms with Gasteiger partial charge in [0.25, 0.3) is 0 Å². The molecule has 98 valence electrons. The largest absolute Gasteiger partial charge is 0.261 e. The maximum Gasteiger partial charge on any atom is 0.0443 e. The summed E-state index contributed by atoms with van der Waals surface area (Å²) in [6.45, 7) is 2.17. The molecule has 4 atom stereocenters. The van der Waals surface area contributed by atoms with Gasteiger partial charge in [-0.1, -0.05) is 28.4 Å². The highest BCUT2D eigenvalue weighted by Crippen LogP contribution is 2.50. The van der Waals surface area contributed by atoms with E-state index in [1.54, 1.807) is 0 Å². The molecule has 2 aliphatic carbocycles. The van der Waals surface area contributed by atoms with Crippen molar-refractivity contribution in [3.63, 3.8) is 0 Å². The molecule has 0 N–H and O–H groups in total. The van der Waals surface area contributed by atoms with Crippen LogP contribution < -0.4 is 0 Å². The van der Waals surface area contributed by atoms with Gasteiger partial charge in [0.05, 0.1) is 0 Å². The standard InChI is InChI=1S/C16H22BrN/c1-11-3-2-6-18-16(11)10-15(17)9-14-8-12-4-5-13(14)7-12/h2-3,6,12-15H,4-5,7-10H2,1H3. The minimum Gasteiger partial charge on any atom is -0.261 e. The summed E-state index contributed by atoms with van der Waals surface area (Å²) < 4.78 is 0. The van der Waals surface area contributed by atoms with E-state index in [1.165, 1.54) is 43.4 Å². The van der Waals surface area contributed by atoms with Crippen LogP contribution in [0, 0.1) is 24.7 Å². The van der Waals surface area contributed by atoms with Crippen LogP contribution in [0.4, 0.5) is 0 Å². The molecule has 2 saturated carbocycles. The number of aromatic nitrogens is 1. The third kappa shape index (κ3) is 2.64. The summed E-state index contributed by atoms with van der Waals surface area (Å²) in [6.07, 6.45) is 10.4. The molecule has 0 saturated heterocycles. The van der Waals surface area contributed by atoms with Gasteiger partial charge in [-0.25, -0.2) is 0 Å². The van der Waals surface area contributed by atoms with E-state index < -0.39 is 0 Å². The summed E-state index contributed by atoms with van der Waals surface area (Å²) in [6, 6.07) is 4.19. The zero-order valence-electron chi connectivity index (χ0n) is 11.1. The molecule has 2 fully saturated rings. The van der Waals surface area contributed by atoms with E-state index in [1.807, 2.05) is 12.3 Å². The number of rotatable bonds is 4. The minimum atomic E-state index is 0.607. The number of aryl methyl sites for hydroxylation is 1. The molecule has 2 aliphatic rings. The van der Waals surface area contributed by atoms with Gasteiger partial charge in [-0.3, -0.25) is 4.98 Å². The van der Waals surface area contributed by atoms with Crippen LogP contribution in [0.3, 0.4) is 0 Å². The Kier molecular flexibility index (Phi) is 3.74. The molecule has 2 bridgehead atoms. The number of halogens is 1. The van der Waals surface area contributed by atoms with Crippen molar-refractivity contribution in [2.75, 3.05) is 0 Å². The summed E-state index contributed by atoms with van der Waals surface area (Å²) in [5.74, 6) is 3.09. The van der Waals surface area contributed by atoms with Crippen LogP contribution in [0.5, 0.6) is 0 Å². The lowest BCUT2D eigenvalue weighted by atomic mass is 9.85. The molecule has 3 rings (SSSR count). The lowest BCUT2D eigenvalue weighted by Crippen LogP contribution is -2.17. The molecule has 1 aromatic rings. The maximum absolute atomic E-state index is 4.51. The third-order valence-corrected chi connectivity index (χ3v) is 5.67. The number of hydrogen-bond acceptors (Lipinski definition) is 1. The van der Waals surface area contributed by atoms with Gasteiger partial charge in [-0.05, 0) is 62.0 Å². The van der Waals surface area contributed by atoms with Gasteiger partial charge in [0, 0.05) is 23.1 Å². The van der Waals surface area contributed by atoms with Crippen LogP contribution in [0.25, 0.3) is 0 Å². The molecule has 2 heteroatoms. The number of fused-ring (bicyclic) bond motifs is 2. The number of hydrogen-bond donors (Lipinski definition) is 0. The van der Waals surface area contributed by atoms with Crippen molar-refractivity contribution in [2.45, 2.75) is 50.3 Å². The topological polar surface area (TPSA) is 12.9 Å². The van der Waals surface area contributed by atoms with Gasteiger partial charge in [0.15, 0.2) is 0 Å². The van der Waals surface area contributed by atoms with Crippen molar-refractivity contribution in [2.24, 2.45) is 17.8 Å². The molecule has 1 nitrogen and oxygen atoms in total. The highest BCUT2D eigenvalue weighted by Gasteiger charge is 2.39. The lowest BCUT2D eigenvalue weighted by Gasteiger charge is -2.24. The zero-order valence-corrected chi connectivity index (χ0v) is 12.7. The number of pyridine rings is 1. The highest BCUT2D eigenvalue weighted by molar-refractivity contribution is 9.09. The zero-order chi connectivity index (χ0) is 12.5. The van der Waals surface area contributed by atoms with Crippen LogP contribution in [0.2, 0.25) is 0 Å². The van der Waals surface area contributed by atoms with E-state index in [4.69, 9.17) is 0 Å². The molecule has 1 heterocycles. The molecule has 0 aromatic carbocycles. The van der Waals surface area contributed by atoms with Crippen molar-refractivity contribution < 1.29 is 0 Å². The van der Waals surface area contributed by atoms with E-state index in [0.717, 1.165) is 24.2 Å². The highest BCUT2D eigenvalue weighted by atomic mass is 79.9. The Hall–Kier alpha value is -0.370. The maximum atomic E-state index is 4.51. The first kappa shape index (κ1) is 12.7. The molecule has 0 amide bonds. The van der Waals surface area contributed by atoms with Crippen molar-refractivity contribution >= 4 is 15.9 Å². The molecule has 18 heavy (non-hydrogen) atoms. The molecule has 0 aliphatic heterocycles. The second-order valence-electron chi connectivity index (χ2n) is 6.24. The van der Waals surface area contributed by atoms with Gasteiger partial charge < -0.3 is 0 Å². The van der Waals surface area contributed by atoms with Crippen molar-refractivity contribution in [3.8, 4) is 0 Å². The van der Waals surface area contributed by atoms with Gasteiger partial charge in [0.1, 0.15) is 0 Å². The van der Waals surface area contributed by atoms with Crippen LogP contribution in [0.15, 0.2) is 18.3 Å². The van der Waals surface area contributed by atoms with Crippen LogP contribution >= 0.6 is 15.9 Å². The van der Waals surface area contributed by atoms with E-state index in [9.17, 15) is 0 Å². The van der Waals surface area contributed by atoms with Gasteiger partial charge in [-0.15, -0.1) is 0 Å². The van der Waals surface area contributed by atoms with Crippen LogP contribution in [-0.2, 0) is 6.42 Å².